The Morgan fingerprint density at radius 1 is 0.933 bits per heavy atom. The molecule has 15 heavy (non-hydrogen) atoms. The molecular formula is C13H24N2. The summed E-state index contributed by atoms with van der Waals surface area (Å²) in [6, 6.07) is 2.25. The van der Waals surface area contributed by atoms with E-state index < -0.39 is 0 Å². The highest BCUT2D eigenvalue weighted by Gasteiger charge is 2.42. The van der Waals surface area contributed by atoms with E-state index in [0.717, 1.165) is 18.0 Å². The molecule has 0 aromatic carbocycles. The highest BCUT2D eigenvalue weighted by Crippen LogP contribution is 2.39. The molecule has 2 heteroatoms. The Morgan fingerprint density at radius 3 is 2.33 bits per heavy atom. The molecule has 1 heterocycles. The van der Waals surface area contributed by atoms with Gasteiger partial charge in [0, 0.05) is 24.7 Å². The Balaban J connectivity index is 1.66. The maximum atomic E-state index is 6.15. The molecule has 3 rings (SSSR count). The smallest absolute Gasteiger partial charge is 0.0183 e. The average molecular weight is 208 g/mol. The molecule has 0 aromatic heterocycles. The molecule has 2 unspecified atom stereocenters. The zero-order valence-electron chi connectivity index (χ0n) is 9.70. The van der Waals surface area contributed by atoms with E-state index in [9.17, 15) is 0 Å². The summed E-state index contributed by atoms with van der Waals surface area (Å²) in [7, 11) is 0. The van der Waals surface area contributed by atoms with Crippen molar-refractivity contribution in [3.63, 3.8) is 0 Å². The molecule has 3 aliphatic rings. The van der Waals surface area contributed by atoms with Gasteiger partial charge in [-0.1, -0.05) is 19.3 Å². The Bertz CT molecular complexity index is 219. The van der Waals surface area contributed by atoms with E-state index in [1.165, 1.54) is 57.9 Å². The van der Waals surface area contributed by atoms with Gasteiger partial charge in [0.25, 0.3) is 0 Å². The van der Waals surface area contributed by atoms with Crippen LogP contribution in [-0.4, -0.2) is 29.6 Å². The molecule has 2 atom stereocenters. The summed E-state index contributed by atoms with van der Waals surface area (Å²) in [5.41, 5.74) is 6.15. The largest absolute Gasteiger partial charge is 0.326 e. The van der Waals surface area contributed by atoms with Crippen LogP contribution in [0.1, 0.15) is 51.4 Å². The van der Waals surface area contributed by atoms with Gasteiger partial charge in [0.15, 0.2) is 0 Å². The lowest BCUT2D eigenvalue weighted by Crippen LogP contribution is -2.38. The summed E-state index contributed by atoms with van der Waals surface area (Å²) in [5, 5.41) is 0. The van der Waals surface area contributed by atoms with Crippen molar-refractivity contribution in [2.24, 2.45) is 11.7 Å². The fourth-order valence-electron chi connectivity index (χ4n) is 3.73. The van der Waals surface area contributed by atoms with Crippen molar-refractivity contribution >= 4 is 0 Å². The number of likely N-dealkylation sites (tertiary alicyclic amines) is 1. The predicted octanol–water partition coefficient (Wildman–Crippen LogP) is 2.13. The van der Waals surface area contributed by atoms with Gasteiger partial charge in [-0.3, -0.25) is 4.90 Å². The summed E-state index contributed by atoms with van der Waals surface area (Å²) >= 11 is 0. The standard InChI is InChI=1S/C13H24N2/c14-11-8-13(10-4-2-1-3-5-10)15(9-11)12-6-7-12/h10-13H,1-9,14H2. The first-order valence-electron chi connectivity index (χ1n) is 6.86. The molecule has 0 bridgehead atoms. The van der Waals surface area contributed by atoms with Crippen molar-refractivity contribution in [3.8, 4) is 0 Å². The average Bonchev–Trinajstić information content (AvgIpc) is 3.03. The van der Waals surface area contributed by atoms with Gasteiger partial charge in [0.05, 0.1) is 0 Å². The van der Waals surface area contributed by atoms with Gasteiger partial charge < -0.3 is 5.73 Å². The molecule has 2 N–H and O–H groups in total. The zero-order chi connectivity index (χ0) is 10.3. The first-order chi connectivity index (χ1) is 7.34. The number of hydrogen-bond donors (Lipinski definition) is 1. The van der Waals surface area contributed by atoms with Gasteiger partial charge in [-0.15, -0.1) is 0 Å². The number of nitrogens with zero attached hydrogens (tertiary/aromatic N) is 1. The maximum Gasteiger partial charge on any atom is 0.0183 e. The fourth-order valence-corrected chi connectivity index (χ4v) is 3.73. The Kier molecular flexibility index (Phi) is 2.73. The number of hydrogen-bond acceptors (Lipinski definition) is 2. The van der Waals surface area contributed by atoms with Crippen molar-refractivity contribution in [2.45, 2.75) is 69.5 Å². The summed E-state index contributed by atoms with van der Waals surface area (Å²) in [6.07, 6.45) is 11.5. The van der Waals surface area contributed by atoms with Crippen molar-refractivity contribution < 1.29 is 0 Å². The summed E-state index contributed by atoms with van der Waals surface area (Å²) in [5.74, 6) is 0.980. The molecule has 0 spiro atoms. The molecule has 0 amide bonds. The second-order valence-electron chi connectivity index (χ2n) is 5.89. The Hall–Kier alpha value is -0.0800. The van der Waals surface area contributed by atoms with Crippen LogP contribution >= 0.6 is 0 Å². The van der Waals surface area contributed by atoms with Crippen molar-refractivity contribution in [1.29, 1.82) is 0 Å². The molecule has 3 fully saturated rings. The van der Waals surface area contributed by atoms with Crippen LogP contribution in [0.4, 0.5) is 0 Å². The molecule has 2 nitrogen and oxygen atoms in total. The molecule has 1 saturated heterocycles. The van der Waals surface area contributed by atoms with Crippen LogP contribution in [-0.2, 0) is 0 Å². The van der Waals surface area contributed by atoms with Crippen molar-refractivity contribution in [2.75, 3.05) is 6.54 Å². The number of nitrogens with two attached hydrogens (primary N) is 1. The van der Waals surface area contributed by atoms with E-state index in [-0.39, 0.29) is 0 Å². The SMILES string of the molecule is NC1CC(C2CCCCC2)N(C2CC2)C1. The molecule has 1 aliphatic heterocycles. The lowest BCUT2D eigenvalue weighted by Gasteiger charge is -2.34. The quantitative estimate of drug-likeness (QED) is 0.753. The second-order valence-corrected chi connectivity index (χ2v) is 5.89. The minimum Gasteiger partial charge on any atom is -0.326 e. The highest BCUT2D eigenvalue weighted by molar-refractivity contribution is 4.99. The first kappa shape index (κ1) is 10.1. The Labute approximate surface area is 93.2 Å². The van der Waals surface area contributed by atoms with Gasteiger partial charge in [-0.05, 0) is 38.0 Å². The number of rotatable bonds is 2. The van der Waals surface area contributed by atoms with Crippen LogP contribution < -0.4 is 5.73 Å². The Morgan fingerprint density at radius 2 is 1.67 bits per heavy atom. The molecule has 2 aliphatic carbocycles. The predicted molar refractivity (Wildman–Crippen MR) is 62.7 cm³/mol. The van der Waals surface area contributed by atoms with E-state index in [4.69, 9.17) is 5.73 Å². The second kappa shape index (κ2) is 4.06. The molecule has 86 valence electrons. The van der Waals surface area contributed by atoms with Gasteiger partial charge in [0.2, 0.25) is 0 Å². The third-order valence-electron chi connectivity index (χ3n) is 4.63. The van der Waals surface area contributed by atoms with E-state index in [2.05, 4.69) is 4.90 Å². The highest BCUT2D eigenvalue weighted by atomic mass is 15.2. The van der Waals surface area contributed by atoms with Gasteiger partial charge in [0.1, 0.15) is 0 Å². The van der Waals surface area contributed by atoms with Gasteiger partial charge in [-0.2, -0.15) is 0 Å². The minimum atomic E-state index is 0.470. The normalized spacial score (nSPS) is 39.8. The third-order valence-corrected chi connectivity index (χ3v) is 4.63. The van der Waals surface area contributed by atoms with Crippen LogP contribution in [0.2, 0.25) is 0 Å². The maximum absolute atomic E-state index is 6.15. The monoisotopic (exact) mass is 208 g/mol. The molecule has 0 aromatic rings. The van der Waals surface area contributed by atoms with E-state index in [1.807, 2.05) is 0 Å². The topological polar surface area (TPSA) is 29.3 Å². The van der Waals surface area contributed by atoms with Crippen LogP contribution in [0.5, 0.6) is 0 Å². The van der Waals surface area contributed by atoms with Gasteiger partial charge >= 0.3 is 0 Å². The summed E-state index contributed by atoms with van der Waals surface area (Å²) < 4.78 is 0. The third kappa shape index (κ3) is 2.07. The molecular weight excluding hydrogens is 184 g/mol. The molecule has 0 radical (unpaired) electrons. The fraction of sp³-hybridized carbons (Fsp3) is 1.00. The van der Waals surface area contributed by atoms with E-state index >= 15 is 0 Å². The van der Waals surface area contributed by atoms with Gasteiger partial charge in [-0.25, -0.2) is 0 Å². The summed E-state index contributed by atoms with van der Waals surface area (Å²) in [6.45, 7) is 1.19. The first-order valence-corrected chi connectivity index (χ1v) is 6.86. The zero-order valence-corrected chi connectivity index (χ0v) is 9.70. The lowest BCUT2D eigenvalue weighted by atomic mass is 9.82. The van der Waals surface area contributed by atoms with Crippen molar-refractivity contribution in [1.82, 2.24) is 4.90 Å². The lowest BCUT2D eigenvalue weighted by molar-refractivity contribution is 0.150. The van der Waals surface area contributed by atoms with Crippen molar-refractivity contribution in [3.05, 3.63) is 0 Å². The van der Waals surface area contributed by atoms with Crippen LogP contribution in [0.15, 0.2) is 0 Å². The van der Waals surface area contributed by atoms with Crippen LogP contribution in [0.25, 0.3) is 0 Å². The van der Waals surface area contributed by atoms with Crippen LogP contribution in [0.3, 0.4) is 0 Å². The molecule has 2 saturated carbocycles. The van der Waals surface area contributed by atoms with E-state index in [1.54, 1.807) is 0 Å². The van der Waals surface area contributed by atoms with E-state index in [0.29, 0.717) is 6.04 Å². The van der Waals surface area contributed by atoms with Crippen LogP contribution in [0, 0.1) is 5.92 Å². The summed E-state index contributed by atoms with van der Waals surface area (Å²) in [4.78, 5) is 2.76. The minimum absolute atomic E-state index is 0.470.